The average Bonchev–Trinajstić information content (AvgIpc) is 1.38. The summed E-state index contributed by atoms with van der Waals surface area (Å²) in [5, 5.41) is 0. The molecule has 0 aliphatic rings. The summed E-state index contributed by atoms with van der Waals surface area (Å²) in [6.45, 7) is 2.09. The van der Waals surface area contributed by atoms with Crippen molar-refractivity contribution >= 4 is 40.3 Å². The van der Waals surface area contributed by atoms with Gasteiger partial charge >= 0.3 is 47.1 Å². The molecule has 0 saturated heterocycles. The van der Waals surface area contributed by atoms with E-state index in [9.17, 15) is 0 Å². The first-order valence-corrected chi connectivity index (χ1v) is 2.78. The maximum absolute atomic E-state index is 3.55. The second-order valence-electron chi connectivity index (χ2n) is 0.913. The van der Waals surface area contributed by atoms with E-state index in [1.807, 2.05) is 5.87 Å². The Bertz CT molecular complexity index is 34.6. The van der Waals surface area contributed by atoms with Crippen molar-refractivity contribution in [2.75, 3.05) is 0 Å². The summed E-state index contributed by atoms with van der Waals surface area (Å²) in [5.41, 5.74) is 0. The van der Waals surface area contributed by atoms with E-state index in [1.165, 1.54) is 0 Å². The summed E-state index contributed by atoms with van der Waals surface area (Å²) in [4.78, 5) is 0. The Balaban J connectivity index is 2.83. The quantitative estimate of drug-likeness (QED) is 0.399. The fourth-order valence-corrected chi connectivity index (χ4v) is 0. The molecule has 0 saturated carbocycles. The van der Waals surface area contributed by atoms with E-state index in [1.54, 1.807) is 0 Å². The molecule has 0 atom stereocenters. The molecule has 0 radical (unpaired) electrons. The molecule has 0 unspecified atom stereocenters. The molecule has 0 heterocycles. The van der Waals surface area contributed by atoms with E-state index in [0.29, 0.717) is 4.57 Å². The Morgan fingerprint density at radius 3 is 2.20 bits per heavy atom. The summed E-state index contributed by atoms with van der Waals surface area (Å²) in [7, 11) is 3.55. The van der Waals surface area contributed by atoms with Crippen molar-refractivity contribution in [2.24, 2.45) is 0 Å². The zero-order chi connectivity index (χ0) is 4.28. The number of rotatable bonds is 1. The molecule has 0 N–H and O–H groups in total. The van der Waals surface area contributed by atoms with Gasteiger partial charge in [0.25, 0.3) is 0 Å². The van der Waals surface area contributed by atoms with Gasteiger partial charge in [-0.25, -0.2) is 0 Å². The molecule has 0 aliphatic carbocycles. The summed E-state index contributed by atoms with van der Waals surface area (Å²) >= 11 is 2.29. The molecule has 0 bridgehead atoms. The van der Waals surface area contributed by atoms with E-state index in [0.717, 1.165) is 0 Å². The second-order valence-corrected chi connectivity index (χ2v) is 2.88. The summed E-state index contributed by atoms with van der Waals surface area (Å²) < 4.78 is 0.618. The van der Waals surface area contributed by atoms with Crippen molar-refractivity contribution < 1.29 is 0 Å². The molecule has 3 heteroatoms. The molecule has 0 aromatic heterocycles. The van der Waals surface area contributed by atoms with Crippen LogP contribution in [0.4, 0.5) is 0 Å². The van der Waals surface area contributed by atoms with Gasteiger partial charge in [-0.15, -0.1) is 0 Å². The molecule has 0 rings (SSSR count). The minimum atomic E-state index is 0.618. The number of halogens is 1. The molecule has 0 amide bonds. The van der Waals surface area contributed by atoms with Gasteiger partial charge in [-0.05, 0) is 0 Å². The molecule has 0 fully saturated rings. The predicted molar refractivity (Wildman–Crippen MR) is 38.9 cm³/mol. The van der Waals surface area contributed by atoms with E-state index < -0.39 is 0 Å². The number of hydrogen-bond donors (Lipinski definition) is 0. The standard InChI is InChI=1S/C2H5B2I/c1-4(5)2-3/h2-3H,1H3. The van der Waals surface area contributed by atoms with Gasteiger partial charge in [0.05, 0.1) is 0 Å². The molecule has 0 aromatic rings. The Morgan fingerprint density at radius 1 is 2.00 bits per heavy atom. The van der Waals surface area contributed by atoms with Crippen LogP contribution in [0.5, 0.6) is 0 Å². The van der Waals surface area contributed by atoms with E-state index in [-0.39, 0.29) is 0 Å². The zero-order valence-electron chi connectivity index (χ0n) is 3.24. The van der Waals surface area contributed by atoms with Crippen LogP contribution >= 0.6 is 22.4 Å². The molecular weight excluding hydrogens is 173 g/mol. The van der Waals surface area contributed by atoms with Crippen LogP contribution < -0.4 is 0 Å². The number of hydrogen-bond acceptors (Lipinski definition) is 0. The van der Waals surface area contributed by atoms with Crippen molar-refractivity contribution in [3.8, 4) is 0 Å². The van der Waals surface area contributed by atoms with Gasteiger partial charge in [-0.2, -0.15) is 0 Å². The Kier molecular flexibility index (Phi) is 3.37. The monoisotopic (exact) mass is 178 g/mol. The SMILES string of the molecule is B=CB(C)I. The van der Waals surface area contributed by atoms with Gasteiger partial charge in [0.1, 0.15) is 0 Å². The van der Waals surface area contributed by atoms with E-state index in [4.69, 9.17) is 0 Å². The van der Waals surface area contributed by atoms with Gasteiger partial charge in [0, 0.05) is 0 Å². The van der Waals surface area contributed by atoms with Crippen LogP contribution in [0.1, 0.15) is 0 Å². The van der Waals surface area contributed by atoms with Gasteiger partial charge in [-0.1, -0.05) is 0 Å². The Morgan fingerprint density at radius 2 is 2.20 bits per heavy atom. The normalized spacial score (nSPS) is 6.60. The molecule has 0 aliphatic heterocycles. The van der Waals surface area contributed by atoms with Crippen LogP contribution in [-0.4, -0.2) is 17.9 Å². The van der Waals surface area contributed by atoms with Crippen molar-refractivity contribution in [1.82, 2.24) is 0 Å². The van der Waals surface area contributed by atoms with Crippen molar-refractivity contribution in [2.45, 2.75) is 6.82 Å². The Labute approximate surface area is 47.4 Å². The third-order valence-corrected chi connectivity index (χ3v) is 0.833. The minimum absolute atomic E-state index is 0.618. The van der Waals surface area contributed by atoms with Crippen LogP contribution in [0.3, 0.4) is 0 Å². The maximum atomic E-state index is 3.55. The third-order valence-electron chi connectivity index (χ3n) is 0.325. The first-order chi connectivity index (χ1) is 2.27. The summed E-state index contributed by atoms with van der Waals surface area (Å²) in [6, 6.07) is 0. The second kappa shape index (κ2) is 2.94. The van der Waals surface area contributed by atoms with Crippen LogP contribution in [-0.2, 0) is 0 Å². The third kappa shape index (κ3) is 4.73. The molecule has 0 spiro atoms. The first kappa shape index (κ1) is 5.73. The average molecular weight is 178 g/mol. The van der Waals surface area contributed by atoms with Gasteiger partial charge < -0.3 is 0 Å². The van der Waals surface area contributed by atoms with Gasteiger partial charge in [0.2, 0.25) is 0 Å². The van der Waals surface area contributed by atoms with Crippen molar-refractivity contribution in [3.05, 3.63) is 0 Å². The zero-order valence-corrected chi connectivity index (χ0v) is 5.40. The molecular formula is C2H5B2I. The Hall–Kier alpha value is 0.730. The van der Waals surface area contributed by atoms with Crippen LogP contribution in [0.15, 0.2) is 0 Å². The molecule has 0 aromatic carbocycles. The van der Waals surface area contributed by atoms with Crippen LogP contribution in [0.2, 0.25) is 6.82 Å². The molecule has 5 heavy (non-hydrogen) atoms. The van der Waals surface area contributed by atoms with E-state index in [2.05, 4.69) is 36.7 Å². The van der Waals surface area contributed by atoms with Crippen molar-refractivity contribution in [3.63, 3.8) is 0 Å². The van der Waals surface area contributed by atoms with Gasteiger partial charge in [-0.3, -0.25) is 0 Å². The van der Waals surface area contributed by atoms with Crippen molar-refractivity contribution in [1.29, 1.82) is 0 Å². The predicted octanol–water partition coefficient (Wildman–Crippen LogP) is 0.285. The van der Waals surface area contributed by atoms with Crippen LogP contribution in [0.25, 0.3) is 0 Å². The van der Waals surface area contributed by atoms with Gasteiger partial charge in [0.15, 0.2) is 0 Å². The fourth-order valence-electron chi connectivity index (χ4n) is 0. The molecule has 26 valence electrons. The first-order valence-electron chi connectivity index (χ1n) is 1.54. The topological polar surface area (TPSA) is 0 Å². The molecule has 0 nitrogen and oxygen atoms in total. The summed E-state index contributed by atoms with van der Waals surface area (Å²) in [5.74, 6) is 1.90. The summed E-state index contributed by atoms with van der Waals surface area (Å²) in [6.07, 6.45) is 0. The van der Waals surface area contributed by atoms with E-state index >= 15 is 0 Å². The fraction of sp³-hybridized carbons (Fsp3) is 0.500. The van der Waals surface area contributed by atoms with Crippen LogP contribution in [0, 0.1) is 0 Å².